The Labute approximate surface area is 127 Å². The average Bonchev–Trinajstić information content (AvgIpc) is 2.47. The Kier molecular flexibility index (Phi) is 4.27. The summed E-state index contributed by atoms with van der Waals surface area (Å²) in [5.74, 6) is 0.369. The molecule has 9 heteroatoms. The van der Waals surface area contributed by atoms with Gasteiger partial charge in [0.15, 0.2) is 4.90 Å². The van der Waals surface area contributed by atoms with Gasteiger partial charge in [0.25, 0.3) is 15.7 Å². The fourth-order valence-electron chi connectivity index (χ4n) is 1.88. The standard InChI is InChI=1S/C13H13N3O5S/c1-9-7-10(8-14-13(9)21-2)15-22(19,20)12-6-4-3-5-11(12)16(17)18/h3-8,15H,1-2H3. The first-order valence-corrected chi connectivity index (χ1v) is 7.60. The molecule has 0 radical (unpaired) electrons. The maximum Gasteiger partial charge on any atom is 0.289 e. The van der Waals surface area contributed by atoms with Gasteiger partial charge in [0.2, 0.25) is 5.88 Å². The number of rotatable bonds is 5. The number of nitrogens with one attached hydrogen (secondary N) is 1. The number of anilines is 1. The summed E-state index contributed by atoms with van der Waals surface area (Å²) in [6.07, 6.45) is 1.28. The molecule has 0 aliphatic carbocycles. The Morgan fingerprint density at radius 1 is 1.32 bits per heavy atom. The minimum absolute atomic E-state index is 0.191. The van der Waals surface area contributed by atoms with Crippen LogP contribution in [0, 0.1) is 17.0 Å². The Balaban J connectivity index is 2.40. The monoisotopic (exact) mass is 323 g/mol. The number of nitro groups is 1. The number of para-hydroxylation sites is 1. The van der Waals surface area contributed by atoms with Crippen molar-refractivity contribution in [2.45, 2.75) is 11.8 Å². The lowest BCUT2D eigenvalue weighted by molar-refractivity contribution is -0.387. The number of benzene rings is 1. The van der Waals surface area contributed by atoms with E-state index in [4.69, 9.17) is 4.74 Å². The van der Waals surface area contributed by atoms with E-state index in [1.165, 1.54) is 37.6 Å². The number of aryl methyl sites for hydroxylation is 1. The molecule has 2 rings (SSSR count). The van der Waals surface area contributed by atoms with Crippen molar-refractivity contribution in [3.05, 3.63) is 52.2 Å². The molecule has 1 heterocycles. The third-order valence-corrected chi connectivity index (χ3v) is 4.26. The number of pyridine rings is 1. The summed E-state index contributed by atoms with van der Waals surface area (Å²) in [4.78, 5) is 13.7. The molecule has 1 aromatic carbocycles. The van der Waals surface area contributed by atoms with E-state index in [-0.39, 0.29) is 5.69 Å². The molecule has 0 unspecified atom stereocenters. The first kappa shape index (κ1) is 15.7. The topological polar surface area (TPSA) is 111 Å². The number of aromatic nitrogens is 1. The molecule has 1 N–H and O–H groups in total. The van der Waals surface area contributed by atoms with E-state index < -0.39 is 25.5 Å². The normalized spacial score (nSPS) is 11.0. The van der Waals surface area contributed by atoms with Crippen LogP contribution < -0.4 is 9.46 Å². The van der Waals surface area contributed by atoms with Crippen molar-refractivity contribution in [2.75, 3.05) is 11.8 Å². The molecule has 0 spiro atoms. The van der Waals surface area contributed by atoms with Crippen LogP contribution in [0.4, 0.5) is 11.4 Å². The quantitative estimate of drug-likeness (QED) is 0.666. The van der Waals surface area contributed by atoms with Crippen LogP contribution in [-0.4, -0.2) is 25.4 Å². The van der Waals surface area contributed by atoms with Crippen LogP contribution in [0.2, 0.25) is 0 Å². The van der Waals surface area contributed by atoms with E-state index in [1.807, 2.05) is 0 Å². The highest BCUT2D eigenvalue weighted by Gasteiger charge is 2.25. The van der Waals surface area contributed by atoms with Crippen LogP contribution >= 0.6 is 0 Å². The van der Waals surface area contributed by atoms with Crippen molar-refractivity contribution in [2.24, 2.45) is 0 Å². The molecular formula is C13H13N3O5S. The van der Waals surface area contributed by atoms with E-state index in [2.05, 4.69) is 9.71 Å². The van der Waals surface area contributed by atoms with Crippen molar-refractivity contribution in [1.29, 1.82) is 0 Å². The average molecular weight is 323 g/mol. The lowest BCUT2D eigenvalue weighted by Gasteiger charge is -2.10. The van der Waals surface area contributed by atoms with Crippen LogP contribution in [0.15, 0.2) is 41.4 Å². The Hall–Kier alpha value is -2.68. The van der Waals surface area contributed by atoms with Gasteiger partial charge in [-0.25, -0.2) is 13.4 Å². The second-order valence-electron chi connectivity index (χ2n) is 4.38. The highest BCUT2D eigenvalue weighted by atomic mass is 32.2. The fraction of sp³-hybridized carbons (Fsp3) is 0.154. The molecule has 22 heavy (non-hydrogen) atoms. The predicted molar refractivity (Wildman–Crippen MR) is 79.4 cm³/mol. The van der Waals surface area contributed by atoms with Crippen molar-refractivity contribution in [1.82, 2.24) is 4.98 Å². The van der Waals surface area contributed by atoms with Crippen LogP contribution in [0.5, 0.6) is 5.88 Å². The zero-order chi connectivity index (χ0) is 16.3. The van der Waals surface area contributed by atoms with Gasteiger partial charge >= 0.3 is 0 Å². The maximum absolute atomic E-state index is 12.3. The van der Waals surface area contributed by atoms with E-state index in [9.17, 15) is 18.5 Å². The van der Waals surface area contributed by atoms with Crippen LogP contribution in [0.3, 0.4) is 0 Å². The molecule has 1 aromatic heterocycles. The number of hydrogen-bond acceptors (Lipinski definition) is 6. The first-order valence-electron chi connectivity index (χ1n) is 6.12. The summed E-state index contributed by atoms with van der Waals surface area (Å²) in [5, 5.41) is 10.9. The Bertz CT molecular complexity index is 820. The fourth-order valence-corrected chi connectivity index (χ4v) is 3.08. The number of ether oxygens (including phenoxy) is 1. The minimum Gasteiger partial charge on any atom is -0.481 e. The molecule has 0 aliphatic heterocycles. The number of methoxy groups -OCH3 is 1. The Morgan fingerprint density at radius 2 is 2.00 bits per heavy atom. The molecule has 0 bridgehead atoms. The highest BCUT2D eigenvalue weighted by molar-refractivity contribution is 7.92. The van der Waals surface area contributed by atoms with Crippen LogP contribution in [0.25, 0.3) is 0 Å². The maximum atomic E-state index is 12.3. The molecule has 0 aliphatic rings. The predicted octanol–water partition coefficient (Wildman–Crippen LogP) is 2.11. The first-order chi connectivity index (χ1) is 10.3. The lowest BCUT2D eigenvalue weighted by Crippen LogP contribution is -2.15. The van der Waals surface area contributed by atoms with Gasteiger partial charge in [-0.3, -0.25) is 14.8 Å². The second-order valence-corrected chi connectivity index (χ2v) is 6.03. The summed E-state index contributed by atoms with van der Waals surface area (Å²) < 4.78 is 31.9. The number of nitro benzene ring substituents is 1. The zero-order valence-corrected chi connectivity index (χ0v) is 12.6. The number of sulfonamides is 1. The molecule has 8 nitrogen and oxygen atoms in total. The summed E-state index contributed by atoms with van der Waals surface area (Å²) in [7, 11) is -2.65. The molecule has 0 amide bonds. The van der Waals surface area contributed by atoms with Crippen LogP contribution in [0.1, 0.15) is 5.56 Å². The van der Waals surface area contributed by atoms with E-state index in [0.717, 1.165) is 6.07 Å². The van der Waals surface area contributed by atoms with Crippen molar-refractivity contribution >= 4 is 21.4 Å². The van der Waals surface area contributed by atoms with Gasteiger partial charge < -0.3 is 4.74 Å². The van der Waals surface area contributed by atoms with Crippen molar-refractivity contribution < 1.29 is 18.1 Å². The minimum atomic E-state index is -4.10. The van der Waals surface area contributed by atoms with Crippen molar-refractivity contribution in [3.8, 4) is 5.88 Å². The number of hydrogen-bond donors (Lipinski definition) is 1. The van der Waals surface area contributed by atoms with Gasteiger partial charge in [-0.15, -0.1) is 0 Å². The summed E-state index contributed by atoms with van der Waals surface area (Å²) in [6.45, 7) is 1.70. The van der Waals surface area contributed by atoms with Gasteiger partial charge in [-0.1, -0.05) is 12.1 Å². The molecular weight excluding hydrogens is 310 g/mol. The molecule has 0 atom stereocenters. The van der Waals surface area contributed by atoms with Gasteiger partial charge in [0.1, 0.15) is 0 Å². The van der Waals surface area contributed by atoms with Crippen molar-refractivity contribution in [3.63, 3.8) is 0 Å². The number of nitrogens with zero attached hydrogens (tertiary/aromatic N) is 2. The van der Waals surface area contributed by atoms with Gasteiger partial charge in [0.05, 0.1) is 23.9 Å². The Morgan fingerprint density at radius 3 is 2.59 bits per heavy atom. The lowest BCUT2D eigenvalue weighted by atomic mass is 10.3. The van der Waals surface area contributed by atoms with Gasteiger partial charge in [0, 0.05) is 11.6 Å². The smallest absolute Gasteiger partial charge is 0.289 e. The third kappa shape index (κ3) is 3.14. The largest absolute Gasteiger partial charge is 0.481 e. The third-order valence-electron chi connectivity index (χ3n) is 2.83. The molecule has 0 saturated carbocycles. The summed E-state index contributed by atoms with van der Waals surface area (Å²) >= 11 is 0. The summed E-state index contributed by atoms with van der Waals surface area (Å²) in [6, 6.07) is 6.64. The molecule has 0 fully saturated rings. The van der Waals surface area contributed by atoms with E-state index in [1.54, 1.807) is 6.92 Å². The van der Waals surface area contributed by atoms with E-state index in [0.29, 0.717) is 11.4 Å². The molecule has 116 valence electrons. The molecule has 0 saturated heterocycles. The zero-order valence-electron chi connectivity index (χ0n) is 11.8. The highest BCUT2D eigenvalue weighted by Crippen LogP contribution is 2.26. The molecule has 2 aromatic rings. The summed E-state index contributed by atoms with van der Waals surface area (Å²) in [5.41, 5.74) is 0.329. The SMILES string of the molecule is COc1ncc(NS(=O)(=O)c2ccccc2[N+](=O)[O-])cc1C. The van der Waals surface area contributed by atoms with E-state index >= 15 is 0 Å². The van der Waals surface area contributed by atoms with Crippen LogP contribution in [-0.2, 0) is 10.0 Å². The van der Waals surface area contributed by atoms with Gasteiger partial charge in [-0.2, -0.15) is 0 Å². The second kappa shape index (κ2) is 5.98. The van der Waals surface area contributed by atoms with Gasteiger partial charge in [-0.05, 0) is 19.1 Å².